The molecule has 1 aliphatic rings. The van der Waals surface area contributed by atoms with Crippen LogP contribution < -0.4 is 14.8 Å². The van der Waals surface area contributed by atoms with Crippen molar-refractivity contribution in [1.29, 1.82) is 0 Å². The average molecular weight is 422 g/mol. The number of anilines is 2. The lowest BCUT2D eigenvalue weighted by Gasteiger charge is -2.40. The van der Waals surface area contributed by atoms with Crippen LogP contribution in [0.2, 0.25) is 0 Å². The molecule has 1 fully saturated rings. The summed E-state index contributed by atoms with van der Waals surface area (Å²) in [5, 5.41) is 3.57. The van der Waals surface area contributed by atoms with Crippen molar-refractivity contribution in [2.75, 3.05) is 12.4 Å². The van der Waals surface area contributed by atoms with Gasteiger partial charge in [0.05, 0.1) is 24.2 Å². The second kappa shape index (κ2) is 8.45. The molecule has 0 spiro atoms. The van der Waals surface area contributed by atoms with Gasteiger partial charge in [-0.05, 0) is 80.8 Å². The lowest BCUT2D eigenvalue weighted by Crippen LogP contribution is -2.29. The monoisotopic (exact) mass is 421 g/mol. The van der Waals surface area contributed by atoms with Crippen LogP contribution in [-0.2, 0) is 0 Å². The van der Waals surface area contributed by atoms with Gasteiger partial charge in [0, 0.05) is 17.8 Å². The third kappa shape index (κ3) is 4.81. The number of imidazole rings is 1. The van der Waals surface area contributed by atoms with Gasteiger partial charge in [-0.1, -0.05) is 20.8 Å². The molecular formula is C26H35N3O2. The van der Waals surface area contributed by atoms with E-state index in [-0.39, 0.29) is 6.10 Å². The second-order valence-electron chi connectivity index (χ2n) is 10.0. The lowest BCUT2D eigenvalue weighted by molar-refractivity contribution is 0.140. The molecule has 166 valence electrons. The first-order valence-corrected chi connectivity index (χ1v) is 11.3. The minimum atomic E-state index is 0.162. The molecular weight excluding hydrogens is 386 g/mol. The highest BCUT2D eigenvalue weighted by molar-refractivity contribution is 5.81. The Kier molecular flexibility index (Phi) is 5.87. The Morgan fingerprint density at radius 1 is 1.06 bits per heavy atom. The molecule has 31 heavy (non-hydrogen) atoms. The van der Waals surface area contributed by atoms with E-state index in [0.29, 0.717) is 17.4 Å². The van der Waals surface area contributed by atoms with Gasteiger partial charge >= 0.3 is 0 Å². The Labute approximate surface area is 185 Å². The molecule has 4 rings (SSSR count). The predicted octanol–water partition coefficient (Wildman–Crippen LogP) is 6.96. The highest BCUT2D eigenvalue weighted by atomic mass is 16.5. The zero-order valence-corrected chi connectivity index (χ0v) is 19.6. The topological polar surface area (TPSA) is 48.3 Å². The maximum atomic E-state index is 5.78. The average Bonchev–Trinajstić information content (AvgIpc) is 3.04. The van der Waals surface area contributed by atoms with Crippen molar-refractivity contribution < 1.29 is 9.47 Å². The van der Waals surface area contributed by atoms with Crippen LogP contribution >= 0.6 is 0 Å². The Morgan fingerprint density at radius 2 is 1.77 bits per heavy atom. The third-order valence-electron chi connectivity index (χ3n) is 6.11. The number of hydrogen-bond acceptors (Lipinski definition) is 4. The van der Waals surface area contributed by atoms with E-state index < -0.39 is 0 Å². The molecule has 0 bridgehead atoms. The fourth-order valence-electron chi connectivity index (χ4n) is 5.17. The van der Waals surface area contributed by atoms with E-state index in [1.54, 1.807) is 7.11 Å². The standard InChI is InChI=1S/C26H35N3O2/c1-17(2)31-21-9-7-19(8-10-21)27-25-28-23-12-11-22(30-6)14-24(23)29(25)20-13-18(3)15-26(4,5)16-20/h7-12,14,17-18,20H,13,15-16H2,1-6H3,(H,27,28)/t18-,20+/m0/s1. The number of fused-ring (bicyclic) bond motifs is 1. The van der Waals surface area contributed by atoms with Crippen molar-refractivity contribution in [2.24, 2.45) is 11.3 Å². The first-order valence-electron chi connectivity index (χ1n) is 11.3. The summed E-state index contributed by atoms with van der Waals surface area (Å²) in [6, 6.07) is 14.6. The fraction of sp³-hybridized carbons (Fsp3) is 0.500. The van der Waals surface area contributed by atoms with Gasteiger partial charge in [0.2, 0.25) is 5.95 Å². The first kappa shape index (κ1) is 21.5. The number of rotatable bonds is 6. The van der Waals surface area contributed by atoms with Crippen LogP contribution in [0.1, 0.15) is 59.9 Å². The van der Waals surface area contributed by atoms with Crippen molar-refractivity contribution >= 4 is 22.7 Å². The zero-order chi connectivity index (χ0) is 22.2. The van der Waals surface area contributed by atoms with E-state index in [2.05, 4.69) is 48.9 Å². The summed E-state index contributed by atoms with van der Waals surface area (Å²) in [6.07, 6.45) is 3.71. The lowest BCUT2D eigenvalue weighted by atomic mass is 9.70. The summed E-state index contributed by atoms with van der Waals surface area (Å²) in [4.78, 5) is 4.97. The molecule has 2 aromatic carbocycles. The summed E-state index contributed by atoms with van der Waals surface area (Å²) in [5.74, 6) is 3.30. The van der Waals surface area contributed by atoms with Crippen molar-refractivity contribution in [1.82, 2.24) is 9.55 Å². The predicted molar refractivity (Wildman–Crippen MR) is 128 cm³/mol. The molecule has 0 aliphatic heterocycles. The van der Waals surface area contributed by atoms with E-state index in [1.807, 2.05) is 38.1 Å². The molecule has 1 N–H and O–H groups in total. The maximum absolute atomic E-state index is 5.78. The molecule has 0 unspecified atom stereocenters. The van der Waals surface area contributed by atoms with E-state index >= 15 is 0 Å². The van der Waals surface area contributed by atoms with E-state index in [0.717, 1.165) is 47.0 Å². The minimum Gasteiger partial charge on any atom is -0.497 e. The summed E-state index contributed by atoms with van der Waals surface area (Å²) in [5.41, 5.74) is 3.42. The molecule has 5 nitrogen and oxygen atoms in total. The number of benzene rings is 2. The van der Waals surface area contributed by atoms with E-state index in [4.69, 9.17) is 14.5 Å². The molecule has 2 atom stereocenters. The Morgan fingerprint density at radius 3 is 2.42 bits per heavy atom. The SMILES string of the molecule is COc1ccc2nc(Nc3ccc(OC(C)C)cc3)n([C@@H]3C[C@H](C)CC(C)(C)C3)c2c1. The Balaban J connectivity index is 1.73. The smallest absolute Gasteiger partial charge is 0.208 e. The first-order chi connectivity index (χ1) is 14.7. The number of hydrogen-bond donors (Lipinski definition) is 1. The Bertz CT molecular complexity index is 1040. The van der Waals surface area contributed by atoms with Crippen LogP contribution in [0, 0.1) is 11.3 Å². The van der Waals surface area contributed by atoms with Gasteiger partial charge in [-0.15, -0.1) is 0 Å². The molecule has 1 aliphatic carbocycles. The minimum absolute atomic E-state index is 0.162. The van der Waals surface area contributed by atoms with Gasteiger partial charge in [-0.2, -0.15) is 0 Å². The van der Waals surface area contributed by atoms with Gasteiger partial charge in [-0.25, -0.2) is 4.98 Å². The zero-order valence-electron chi connectivity index (χ0n) is 19.6. The van der Waals surface area contributed by atoms with E-state index in [9.17, 15) is 0 Å². The van der Waals surface area contributed by atoms with Crippen LogP contribution in [0.5, 0.6) is 11.5 Å². The van der Waals surface area contributed by atoms with Gasteiger partial charge in [0.25, 0.3) is 0 Å². The summed E-state index contributed by atoms with van der Waals surface area (Å²) in [6.45, 7) is 11.2. The number of ether oxygens (including phenoxy) is 2. The largest absolute Gasteiger partial charge is 0.497 e. The van der Waals surface area contributed by atoms with Crippen LogP contribution in [0.3, 0.4) is 0 Å². The highest BCUT2D eigenvalue weighted by Gasteiger charge is 2.34. The van der Waals surface area contributed by atoms with Crippen molar-refractivity contribution in [3.05, 3.63) is 42.5 Å². The molecule has 1 aromatic heterocycles. The van der Waals surface area contributed by atoms with Crippen molar-refractivity contribution in [2.45, 2.75) is 66.0 Å². The fourth-order valence-corrected chi connectivity index (χ4v) is 5.17. The molecule has 1 saturated carbocycles. The molecule has 0 amide bonds. The number of nitrogens with zero attached hydrogens (tertiary/aromatic N) is 2. The summed E-state index contributed by atoms with van der Waals surface area (Å²) in [7, 11) is 1.72. The van der Waals surface area contributed by atoms with Crippen LogP contribution in [0.15, 0.2) is 42.5 Å². The van der Waals surface area contributed by atoms with Crippen molar-refractivity contribution in [3.63, 3.8) is 0 Å². The summed E-state index contributed by atoms with van der Waals surface area (Å²) >= 11 is 0. The molecule has 0 radical (unpaired) electrons. The molecule has 3 aromatic rings. The van der Waals surface area contributed by atoms with Crippen molar-refractivity contribution in [3.8, 4) is 11.5 Å². The Hall–Kier alpha value is -2.69. The van der Waals surface area contributed by atoms with Crippen LogP contribution in [-0.4, -0.2) is 22.8 Å². The molecule has 1 heterocycles. The maximum Gasteiger partial charge on any atom is 0.208 e. The quantitative estimate of drug-likeness (QED) is 0.467. The third-order valence-corrected chi connectivity index (χ3v) is 6.11. The van der Waals surface area contributed by atoms with E-state index in [1.165, 1.54) is 6.42 Å². The van der Waals surface area contributed by atoms with Gasteiger partial charge < -0.3 is 19.4 Å². The highest BCUT2D eigenvalue weighted by Crippen LogP contribution is 2.46. The van der Waals surface area contributed by atoms with Gasteiger partial charge in [0.1, 0.15) is 11.5 Å². The number of methoxy groups -OCH3 is 1. The van der Waals surface area contributed by atoms with Gasteiger partial charge in [0.15, 0.2) is 0 Å². The normalized spacial score (nSPS) is 20.7. The van der Waals surface area contributed by atoms with Gasteiger partial charge in [-0.3, -0.25) is 0 Å². The molecule has 0 saturated heterocycles. The number of aromatic nitrogens is 2. The summed E-state index contributed by atoms with van der Waals surface area (Å²) < 4.78 is 13.7. The van der Waals surface area contributed by atoms with Crippen LogP contribution in [0.4, 0.5) is 11.6 Å². The molecule has 5 heteroatoms. The number of nitrogens with one attached hydrogen (secondary N) is 1. The van der Waals surface area contributed by atoms with Crippen LogP contribution in [0.25, 0.3) is 11.0 Å². The second-order valence-corrected chi connectivity index (χ2v) is 10.0.